The summed E-state index contributed by atoms with van der Waals surface area (Å²) in [5, 5.41) is 4.17. The maximum absolute atomic E-state index is 12.9. The van der Waals surface area contributed by atoms with E-state index >= 15 is 0 Å². The molecule has 144 valence electrons. The second-order valence-corrected chi connectivity index (χ2v) is 8.11. The van der Waals surface area contributed by atoms with Crippen molar-refractivity contribution in [2.45, 2.75) is 70.8 Å². The quantitative estimate of drug-likeness (QED) is 0.740. The molecule has 27 heavy (non-hydrogen) atoms. The second-order valence-electron chi connectivity index (χ2n) is 8.11. The number of nitrogens with zero attached hydrogens (tertiary/aromatic N) is 3. The van der Waals surface area contributed by atoms with Crippen molar-refractivity contribution in [1.82, 2.24) is 15.0 Å². The summed E-state index contributed by atoms with van der Waals surface area (Å²) in [7, 11) is 0. The van der Waals surface area contributed by atoms with Crippen LogP contribution >= 0.6 is 0 Å². The summed E-state index contributed by atoms with van der Waals surface area (Å²) in [6.07, 6.45) is 9.99. The van der Waals surface area contributed by atoms with Gasteiger partial charge in [-0.15, -0.1) is 0 Å². The number of piperidine rings is 1. The van der Waals surface area contributed by atoms with Crippen LogP contribution in [-0.2, 0) is 4.79 Å². The molecule has 2 aliphatic rings. The zero-order valence-corrected chi connectivity index (χ0v) is 16.2. The van der Waals surface area contributed by atoms with E-state index in [4.69, 9.17) is 4.52 Å². The first kappa shape index (κ1) is 18.2. The van der Waals surface area contributed by atoms with Gasteiger partial charge in [-0.05, 0) is 38.5 Å². The number of hydrogen-bond donors (Lipinski definition) is 0. The Morgan fingerprint density at radius 1 is 1.11 bits per heavy atom. The molecule has 0 spiro atoms. The lowest BCUT2D eigenvalue weighted by Crippen LogP contribution is -2.38. The van der Waals surface area contributed by atoms with Crippen molar-refractivity contribution in [2.24, 2.45) is 5.92 Å². The molecule has 1 aliphatic carbocycles. The summed E-state index contributed by atoms with van der Waals surface area (Å²) in [5.74, 6) is 2.18. The van der Waals surface area contributed by atoms with E-state index in [1.54, 1.807) is 0 Å². The summed E-state index contributed by atoms with van der Waals surface area (Å²) < 4.78 is 5.59. The van der Waals surface area contributed by atoms with Crippen LogP contribution in [0.1, 0.15) is 75.3 Å². The molecule has 1 saturated heterocycles. The van der Waals surface area contributed by atoms with Crippen LogP contribution in [0.15, 0.2) is 28.8 Å². The number of likely N-dealkylation sites (tertiary alicyclic amines) is 1. The zero-order chi connectivity index (χ0) is 18.6. The molecule has 0 unspecified atom stereocenters. The first-order valence-corrected chi connectivity index (χ1v) is 10.4. The van der Waals surface area contributed by atoms with Gasteiger partial charge >= 0.3 is 0 Å². The van der Waals surface area contributed by atoms with E-state index in [1.807, 2.05) is 29.2 Å². The van der Waals surface area contributed by atoms with E-state index in [0.717, 1.165) is 43.7 Å². The fourth-order valence-electron chi connectivity index (χ4n) is 4.45. The monoisotopic (exact) mass is 367 g/mol. The molecular formula is C22H29N3O2. The van der Waals surface area contributed by atoms with Crippen molar-refractivity contribution in [2.75, 3.05) is 6.54 Å². The van der Waals surface area contributed by atoms with Gasteiger partial charge in [-0.3, -0.25) is 4.79 Å². The summed E-state index contributed by atoms with van der Waals surface area (Å²) in [6.45, 7) is 2.86. The molecular weight excluding hydrogens is 338 g/mol. The van der Waals surface area contributed by atoms with Gasteiger partial charge in [0.2, 0.25) is 17.6 Å². The summed E-state index contributed by atoms with van der Waals surface area (Å²) in [6, 6.07) is 8.04. The number of carbonyl (C=O) groups is 1. The van der Waals surface area contributed by atoms with Crippen LogP contribution in [0, 0.1) is 12.8 Å². The Morgan fingerprint density at radius 3 is 2.63 bits per heavy atom. The highest BCUT2D eigenvalue weighted by Crippen LogP contribution is 2.33. The van der Waals surface area contributed by atoms with E-state index < -0.39 is 0 Å². The van der Waals surface area contributed by atoms with Crippen molar-refractivity contribution < 1.29 is 9.32 Å². The van der Waals surface area contributed by atoms with Crippen molar-refractivity contribution in [3.63, 3.8) is 0 Å². The zero-order valence-electron chi connectivity index (χ0n) is 16.2. The highest BCUT2D eigenvalue weighted by Gasteiger charge is 2.32. The first-order chi connectivity index (χ1) is 13.2. The predicted octanol–water partition coefficient (Wildman–Crippen LogP) is 5.07. The maximum Gasteiger partial charge on any atom is 0.249 e. The van der Waals surface area contributed by atoms with E-state index in [-0.39, 0.29) is 11.9 Å². The molecule has 0 bridgehead atoms. The number of aryl methyl sites for hydroxylation is 1. The molecule has 1 aromatic heterocycles. The average Bonchev–Trinajstić information content (AvgIpc) is 3.39. The van der Waals surface area contributed by atoms with Gasteiger partial charge in [0, 0.05) is 18.5 Å². The second kappa shape index (κ2) is 8.24. The predicted molar refractivity (Wildman–Crippen MR) is 104 cm³/mol. The minimum absolute atomic E-state index is 0.0680. The minimum Gasteiger partial charge on any atom is -0.337 e. The Bertz CT molecular complexity index is 762. The average molecular weight is 367 g/mol. The summed E-state index contributed by atoms with van der Waals surface area (Å²) >= 11 is 0. The van der Waals surface area contributed by atoms with Crippen LogP contribution in [0.5, 0.6) is 0 Å². The van der Waals surface area contributed by atoms with Crippen LogP contribution in [0.4, 0.5) is 0 Å². The van der Waals surface area contributed by atoms with E-state index in [9.17, 15) is 4.79 Å². The van der Waals surface area contributed by atoms with Crippen LogP contribution in [0.25, 0.3) is 11.4 Å². The van der Waals surface area contributed by atoms with Crippen LogP contribution in [-0.4, -0.2) is 27.5 Å². The molecule has 2 heterocycles. The van der Waals surface area contributed by atoms with Crippen molar-refractivity contribution in [3.05, 3.63) is 35.7 Å². The molecule has 1 saturated carbocycles. The van der Waals surface area contributed by atoms with Crippen LogP contribution in [0.2, 0.25) is 0 Å². The fraction of sp³-hybridized carbons (Fsp3) is 0.591. The highest BCUT2D eigenvalue weighted by molar-refractivity contribution is 5.76. The third-order valence-electron chi connectivity index (χ3n) is 6.10. The Balaban J connectivity index is 1.45. The van der Waals surface area contributed by atoms with E-state index in [2.05, 4.69) is 17.1 Å². The molecule has 2 fully saturated rings. The topological polar surface area (TPSA) is 59.2 Å². The third-order valence-corrected chi connectivity index (χ3v) is 6.10. The van der Waals surface area contributed by atoms with Gasteiger partial charge in [0.1, 0.15) is 6.04 Å². The van der Waals surface area contributed by atoms with E-state index in [0.29, 0.717) is 18.1 Å². The molecule has 1 aromatic carbocycles. The van der Waals surface area contributed by atoms with Crippen molar-refractivity contribution in [3.8, 4) is 11.4 Å². The van der Waals surface area contributed by atoms with Crippen LogP contribution < -0.4 is 0 Å². The first-order valence-electron chi connectivity index (χ1n) is 10.4. The normalized spacial score (nSPS) is 20.9. The number of carbonyl (C=O) groups excluding carboxylic acids is 1. The SMILES string of the molecule is Cc1ccc(-c2noc([C@H]3CCCCN3C(=O)CCC3CCCC3)n2)cc1. The molecule has 1 atom stereocenters. The summed E-state index contributed by atoms with van der Waals surface area (Å²) in [4.78, 5) is 19.5. The molecule has 0 radical (unpaired) electrons. The third kappa shape index (κ3) is 4.23. The Morgan fingerprint density at radius 2 is 1.85 bits per heavy atom. The van der Waals surface area contributed by atoms with Crippen molar-refractivity contribution >= 4 is 5.91 Å². The Kier molecular flexibility index (Phi) is 5.55. The van der Waals surface area contributed by atoms with Crippen LogP contribution in [0.3, 0.4) is 0 Å². The Labute approximate surface area is 161 Å². The summed E-state index contributed by atoms with van der Waals surface area (Å²) in [5.41, 5.74) is 2.15. The molecule has 5 heteroatoms. The standard InChI is InChI=1S/C22H29N3O2/c1-16-9-12-18(13-10-16)21-23-22(27-24-21)19-8-4-5-15-25(19)20(26)14-11-17-6-2-3-7-17/h9-10,12-13,17,19H,2-8,11,14-15H2,1H3/t19-/m1/s1. The fourth-order valence-corrected chi connectivity index (χ4v) is 4.45. The molecule has 1 amide bonds. The van der Waals surface area contributed by atoms with Gasteiger partial charge in [-0.1, -0.05) is 60.7 Å². The molecule has 4 rings (SSSR count). The number of benzene rings is 1. The number of hydrogen-bond acceptors (Lipinski definition) is 4. The van der Waals surface area contributed by atoms with E-state index in [1.165, 1.54) is 31.2 Å². The van der Waals surface area contributed by atoms with Gasteiger partial charge in [0.15, 0.2) is 0 Å². The maximum atomic E-state index is 12.9. The largest absolute Gasteiger partial charge is 0.337 e. The lowest BCUT2D eigenvalue weighted by atomic mass is 9.98. The molecule has 0 N–H and O–H groups in total. The van der Waals surface area contributed by atoms with Gasteiger partial charge in [-0.25, -0.2) is 0 Å². The number of rotatable bonds is 5. The molecule has 1 aliphatic heterocycles. The molecule has 2 aromatic rings. The van der Waals surface area contributed by atoms with Crippen molar-refractivity contribution in [1.29, 1.82) is 0 Å². The molecule has 5 nitrogen and oxygen atoms in total. The van der Waals surface area contributed by atoms with Gasteiger partial charge in [0.05, 0.1) is 0 Å². The lowest BCUT2D eigenvalue weighted by molar-refractivity contribution is -0.136. The smallest absolute Gasteiger partial charge is 0.249 e. The van der Waals surface area contributed by atoms with Gasteiger partial charge < -0.3 is 9.42 Å². The number of aromatic nitrogens is 2. The Hall–Kier alpha value is -2.17. The number of amides is 1. The lowest BCUT2D eigenvalue weighted by Gasteiger charge is -2.33. The van der Waals surface area contributed by atoms with Gasteiger partial charge in [0.25, 0.3) is 0 Å². The van der Waals surface area contributed by atoms with Gasteiger partial charge in [-0.2, -0.15) is 4.98 Å². The minimum atomic E-state index is -0.0680. The highest BCUT2D eigenvalue weighted by atomic mass is 16.5.